The van der Waals surface area contributed by atoms with Crippen LogP contribution in [0.25, 0.3) is 11.3 Å². The molecule has 0 radical (unpaired) electrons. The van der Waals surface area contributed by atoms with Crippen molar-refractivity contribution < 1.29 is 4.79 Å². The normalized spacial score (nSPS) is 10.5. The van der Waals surface area contributed by atoms with Crippen molar-refractivity contribution in [1.29, 1.82) is 0 Å². The fourth-order valence-electron chi connectivity index (χ4n) is 1.71. The Labute approximate surface area is 134 Å². The van der Waals surface area contributed by atoms with Gasteiger partial charge in [-0.05, 0) is 24.3 Å². The number of amides is 1. The minimum absolute atomic E-state index is 0.204. The van der Waals surface area contributed by atoms with Gasteiger partial charge in [-0.15, -0.1) is 22.7 Å². The number of nitrogens with one attached hydrogen (secondary N) is 1. The van der Waals surface area contributed by atoms with Gasteiger partial charge in [-0.1, -0.05) is 23.7 Å². The predicted molar refractivity (Wildman–Crippen MR) is 89.2 cm³/mol. The molecule has 3 N–H and O–H groups in total. The number of thiophene rings is 1. The molecular weight excluding hydrogens is 326 g/mol. The second-order valence-corrected chi connectivity index (χ2v) is 6.79. The van der Waals surface area contributed by atoms with E-state index in [2.05, 4.69) is 10.3 Å². The summed E-state index contributed by atoms with van der Waals surface area (Å²) in [5.74, 6) is -0.204. The summed E-state index contributed by atoms with van der Waals surface area (Å²) in [4.78, 5) is 17.0. The molecule has 0 saturated heterocycles. The molecule has 0 spiro atoms. The average molecular weight is 336 g/mol. The number of benzene rings is 1. The Bertz CT molecular complexity index is 780. The summed E-state index contributed by atoms with van der Waals surface area (Å²) in [6.45, 7) is 0. The number of nitrogens with zero attached hydrogens (tertiary/aromatic N) is 1. The predicted octanol–water partition coefficient (Wildman–Crippen LogP) is 4.36. The van der Waals surface area contributed by atoms with Gasteiger partial charge in [0.2, 0.25) is 0 Å². The molecule has 3 aromatic rings. The number of carbonyl (C=O) groups excluding carboxylic acids is 1. The molecule has 106 valence electrons. The van der Waals surface area contributed by atoms with Gasteiger partial charge >= 0.3 is 0 Å². The molecule has 0 atom stereocenters. The zero-order valence-corrected chi connectivity index (χ0v) is 13.1. The van der Waals surface area contributed by atoms with E-state index in [0.29, 0.717) is 20.0 Å². The van der Waals surface area contributed by atoms with Crippen molar-refractivity contribution in [2.75, 3.05) is 11.1 Å². The molecule has 21 heavy (non-hydrogen) atoms. The van der Waals surface area contributed by atoms with Crippen molar-refractivity contribution in [1.82, 2.24) is 4.98 Å². The van der Waals surface area contributed by atoms with Gasteiger partial charge < -0.3 is 5.73 Å². The summed E-state index contributed by atoms with van der Waals surface area (Å²) in [6.07, 6.45) is 0. The molecule has 0 bridgehead atoms. The van der Waals surface area contributed by atoms with E-state index in [9.17, 15) is 4.79 Å². The van der Waals surface area contributed by atoms with E-state index in [1.54, 1.807) is 12.1 Å². The number of aromatic nitrogens is 1. The zero-order valence-electron chi connectivity index (χ0n) is 10.7. The lowest BCUT2D eigenvalue weighted by atomic mass is 10.1. The quantitative estimate of drug-likeness (QED) is 0.699. The van der Waals surface area contributed by atoms with Crippen LogP contribution in [0.3, 0.4) is 0 Å². The highest BCUT2D eigenvalue weighted by molar-refractivity contribution is 7.18. The summed E-state index contributed by atoms with van der Waals surface area (Å²) in [5, 5.41) is 5.21. The van der Waals surface area contributed by atoms with E-state index in [4.69, 9.17) is 17.3 Å². The minimum atomic E-state index is -0.204. The number of carbonyl (C=O) groups is 1. The number of rotatable bonds is 3. The van der Waals surface area contributed by atoms with E-state index < -0.39 is 0 Å². The van der Waals surface area contributed by atoms with Crippen LogP contribution in [0.15, 0.2) is 41.8 Å². The molecule has 1 aromatic carbocycles. The lowest BCUT2D eigenvalue weighted by Crippen LogP contribution is -2.09. The van der Waals surface area contributed by atoms with Crippen LogP contribution in [0.1, 0.15) is 9.67 Å². The lowest BCUT2D eigenvalue weighted by molar-refractivity contribution is 0.103. The molecule has 7 heteroatoms. The Balaban J connectivity index is 1.76. The molecule has 0 fully saturated rings. The summed E-state index contributed by atoms with van der Waals surface area (Å²) in [6, 6.07) is 10.8. The Kier molecular flexibility index (Phi) is 3.92. The molecule has 2 aromatic heterocycles. The number of halogens is 1. The second kappa shape index (κ2) is 5.85. The number of nitrogen functional groups attached to an aromatic ring is 1. The number of anilines is 2. The van der Waals surface area contributed by atoms with E-state index in [1.165, 1.54) is 22.7 Å². The zero-order chi connectivity index (χ0) is 14.8. The highest BCUT2D eigenvalue weighted by Gasteiger charge is 2.11. The third-order valence-electron chi connectivity index (χ3n) is 2.73. The van der Waals surface area contributed by atoms with Crippen LogP contribution in [-0.2, 0) is 0 Å². The molecule has 0 aliphatic heterocycles. The number of thiazole rings is 1. The highest BCUT2D eigenvalue weighted by Crippen LogP contribution is 2.27. The van der Waals surface area contributed by atoms with Crippen molar-refractivity contribution in [3.05, 3.63) is 51.0 Å². The molecule has 0 unspecified atom stereocenters. The smallest absolute Gasteiger partial charge is 0.267 e. The molecule has 4 nitrogen and oxygen atoms in total. The SMILES string of the molecule is Nc1ccc(-c2csc(NC(=O)c3ccc(Cl)s3)n2)cc1. The number of hydrogen-bond acceptors (Lipinski definition) is 5. The lowest BCUT2D eigenvalue weighted by Gasteiger charge is -1.99. The average Bonchev–Trinajstić information content (AvgIpc) is 3.09. The molecule has 2 heterocycles. The largest absolute Gasteiger partial charge is 0.399 e. The first-order chi connectivity index (χ1) is 10.1. The fourth-order valence-corrected chi connectivity index (χ4v) is 3.37. The van der Waals surface area contributed by atoms with Gasteiger partial charge in [0.05, 0.1) is 14.9 Å². The van der Waals surface area contributed by atoms with Crippen LogP contribution in [0.4, 0.5) is 10.8 Å². The van der Waals surface area contributed by atoms with Crippen LogP contribution in [0.2, 0.25) is 4.34 Å². The Hall–Kier alpha value is -1.89. The van der Waals surface area contributed by atoms with E-state index >= 15 is 0 Å². The standard InChI is InChI=1S/C14H10ClN3OS2/c15-12-6-5-11(21-12)13(19)18-14-17-10(7-20-14)8-1-3-9(16)4-2-8/h1-7H,16H2,(H,17,18,19). The molecule has 0 aliphatic carbocycles. The Morgan fingerprint density at radius 1 is 1.19 bits per heavy atom. The first-order valence-corrected chi connectivity index (χ1v) is 8.07. The fraction of sp³-hybridized carbons (Fsp3) is 0. The van der Waals surface area contributed by atoms with Crippen LogP contribution >= 0.6 is 34.3 Å². The topological polar surface area (TPSA) is 68.0 Å². The first kappa shape index (κ1) is 14.1. The third kappa shape index (κ3) is 3.24. The molecule has 0 saturated carbocycles. The van der Waals surface area contributed by atoms with Crippen LogP contribution in [-0.4, -0.2) is 10.9 Å². The molecular formula is C14H10ClN3OS2. The number of nitrogens with two attached hydrogens (primary N) is 1. The summed E-state index contributed by atoms with van der Waals surface area (Å²) >= 11 is 8.43. The summed E-state index contributed by atoms with van der Waals surface area (Å²) < 4.78 is 0.585. The van der Waals surface area contributed by atoms with Crippen LogP contribution < -0.4 is 11.1 Å². The Morgan fingerprint density at radius 3 is 2.62 bits per heavy atom. The van der Waals surface area contributed by atoms with E-state index in [-0.39, 0.29) is 5.91 Å². The number of hydrogen-bond donors (Lipinski definition) is 2. The molecule has 3 rings (SSSR count). The van der Waals surface area contributed by atoms with Gasteiger partial charge in [-0.25, -0.2) is 4.98 Å². The van der Waals surface area contributed by atoms with Gasteiger partial charge in [-0.3, -0.25) is 10.1 Å². The van der Waals surface area contributed by atoms with Crippen LogP contribution in [0.5, 0.6) is 0 Å². The maximum Gasteiger partial charge on any atom is 0.267 e. The molecule has 0 aliphatic rings. The van der Waals surface area contributed by atoms with Crippen molar-refractivity contribution >= 4 is 51.0 Å². The van der Waals surface area contributed by atoms with Gasteiger partial charge in [0, 0.05) is 16.6 Å². The Morgan fingerprint density at radius 2 is 1.95 bits per heavy atom. The van der Waals surface area contributed by atoms with Gasteiger partial charge in [-0.2, -0.15) is 0 Å². The monoisotopic (exact) mass is 335 g/mol. The maximum absolute atomic E-state index is 12.0. The highest BCUT2D eigenvalue weighted by atomic mass is 35.5. The second-order valence-electron chi connectivity index (χ2n) is 4.22. The van der Waals surface area contributed by atoms with Gasteiger partial charge in [0.15, 0.2) is 5.13 Å². The minimum Gasteiger partial charge on any atom is -0.399 e. The van der Waals surface area contributed by atoms with Crippen molar-refractivity contribution in [2.45, 2.75) is 0 Å². The van der Waals surface area contributed by atoms with E-state index in [1.807, 2.05) is 29.6 Å². The van der Waals surface area contributed by atoms with E-state index in [0.717, 1.165) is 11.3 Å². The van der Waals surface area contributed by atoms with Crippen molar-refractivity contribution in [2.24, 2.45) is 0 Å². The summed E-state index contributed by atoms with van der Waals surface area (Å²) in [5.41, 5.74) is 8.13. The first-order valence-electron chi connectivity index (χ1n) is 6.00. The van der Waals surface area contributed by atoms with Crippen molar-refractivity contribution in [3.63, 3.8) is 0 Å². The van der Waals surface area contributed by atoms with Crippen LogP contribution in [0, 0.1) is 0 Å². The third-order valence-corrected chi connectivity index (χ3v) is 4.72. The molecule has 1 amide bonds. The van der Waals surface area contributed by atoms with Crippen molar-refractivity contribution in [3.8, 4) is 11.3 Å². The van der Waals surface area contributed by atoms with Gasteiger partial charge in [0.1, 0.15) is 0 Å². The maximum atomic E-state index is 12.0. The summed E-state index contributed by atoms with van der Waals surface area (Å²) in [7, 11) is 0. The van der Waals surface area contributed by atoms with Gasteiger partial charge in [0.25, 0.3) is 5.91 Å².